The Hall–Kier alpha value is -1.25. The standard InChI is InChI=1S/C11H7Cl2NO/c12-8-2-1-3-10(6-8)15-11-5-4-9(13)7-14-11/h1-7H. The summed E-state index contributed by atoms with van der Waals surface area (Å²) >= 11 is 11.5. The number of hydrogen-bond donors (Lipinski definition) is 0. The highest BCUT2D eigenvalue weighted by atomic mass is 35.5. The molecule has 0 amide bonds. The number of halogens is 2. The van der Waals surface area contributed by atoms with E-state index in [1.54, 1.807) is 24.3 Å². The van der Waals surface area contributed by atoms with Gasteiger partial charge >= 0.3 is 0 Å². The Labute approximate surface area is 97.4 Å². The molecule has 15 heavy (non-hydrogen) atoms. The third-order valence-corrected chi connectivity index (χ3v) is 2.18. The summed E-state index contributed by atoms with van der Waals surface area (Å²) in [5.74, 6) is 1.14. The van der Waals surface area contributed by atoms with Crippen LogP contribution in [0.1, 0.15) is 0 Å². The fourth-order valence-electron chi connectivity index (χ4n) is 1.07. The molecule has 1 aromatic heterocycles. The van der Waals surface area contributed by atoms with Gasteiger partial charge < -0.3 is 4.74 Å². The minimum atomic E-state index is 0.488. The molecule has 0 aliphatic rings. The molecule has 2 nitrogen and oxygen atoms in total. The fraction of sp³-hybridized carbons (Fsp3) is 0. The molecule has 0 N–H and O–H groups in total. The summed E-state index contributed by atoms with van der Waals surface area (Å²) in [7, 11) is 0. The van der Waals surface area contributed by atoms with Crippen molar-refractivity contribution in [2.45, 2.75) is 0 Å². The van der Waals surface area contributed by atoms with Crippen LogP contribution < -0.4 is 4.74 Å². The highest BCUT2D eigenvalue weighted by Crippen LogP contribution is 2.23. The van der Waals surface area contributed by atoms with Crippen molar-refractivity contribution in [2.24, 2.45) is 0 Å². The van der Waals surface area contributed by atoms with Crippen LogP contribution in [0, 0.1) is 0 Å². The highest BCUT2D eigenvalue weighted by Gasteiger charge is 1.98. The molecule has 4 heteroatoms. The second-order valence-corrected chi connectivity index (χ2v) is 3.75. The first-order valence-corrected chi connectivity index (χ1v) is 5.04. The highest BCUT2D eigenvalue weighted by molar-refractivity contribution is 6.30. The van der Waals surface area contributed by atoms with Gasteiger partial charge in [0, 0.05) is 17.3 Å². The SMILES string of the molecule is Clc1ccc(Oc2cccc(Cl)c2)nc1. The first kappa shape index (κ1) is 10.3. The minimum absolute atomic E-state index is 0.488. The first-order valence-electron chi connectivity index (χ1n) is 4.29. The average molecular weight is 240 g/mol. The number of benzene rings is 1. The van der Waals surface area contributed by atoms with Crippen LogP contribution in [-0.4, -0.2) is 4.98 Å². The normalized spacial score (nSPS) is 10.0. The molecular weight excluding hydrogens is 233 g/mol. The number of nitrogens with zero attached hydrogens (tertiary/aromatic N) is 1. The lowest BCUT2D eigenvalue weighted by Gasteiger charge is -2.04. The van der Waals surface area contributed by atoms with Gasteiger partial charge in [-0.1, -0.05) is 29.3 Å². The minimum Gasteiger partial charge on any atom is -0.439 e. The number of hydrogen-bond acceptors (Lipinski definition) is 2. The largest absolute Gasteiger partial charge is 0.439 e. The van der Waals surface area contributed by atoms with Crippen LogP contribution in [0.4, 0.5) is 0 Å². The van der Waals surface area contributed by atoms with Gasteiger partial charge in [0.1, 0.15) is 5.75 Å². The molecular formula is C11H7Cl2NO. The van der Waals surface area contributed by atoms with E-state index < -0.39 is 0 Å². The molecule has 0 bridgehead atoms. The van der Waals surface area contributed by atoms with Crippen molar-refractivity contribution in [3.8, 4) is 11.6 Å². The summed E-state index contributed by atoms with van der Waals surface area (Å²) in [6, 6.07) is 10.5. The first-order chi connectivity index (χ1) is 7.24. The number of pyridine rings is 1. The van der Waals surface area contributed by atoms with E-state index in [9.17, 15) is 0 Å². The van der Waals surface area contributed by atoms with Gasteiger partial charge in [0.05, 0.1) is 5.02 Å². The zero-order valence-corrected chi connectivity index (χ0v) is 9.16. The van der Waals surface area contributed by atoms with Gasteiger partial charge in [0.25, 0.3) is 0 Å². The van der Waals surface area contributed by atoms with Crippen molar-refractivity contribution >= 4 is 23.2 Å². The maximum absolute atomic E-state index is 5.81. The van der Waals surface area contributed by atoms with Crippen LogP contribution in [-0.2, 0) is 0 Å². The average Bonchev–Trinajstić information content (AvgIpc) is 2.22. The van der Waals surface area contributed by atoms with E-state index >= 15 is 0 Å². The molecule has 0 saturated carbocycles. The van der Waals surface area contributed by atoms with Gasteiger partial charge in [-0.3, -0.25) is 0 Å². The van der Waals surface area contributed by atoms with Crippen LogP contribution in [0.5, 0.6) is 11.6 Å². The van der Waals surface area contributed by atoms with E-state index in [0.717, 1.165) is 0 Å². The predicted molar refractivity (Wildman–Crippen MR) is 60.8 cm³/mol. The lowest BCUT2D eigenvalue weighted by atomic mass is 10.3. The molecule has 1 aromatic carbocycles. The smallest absolute Gasteiger partial charge is 0.219 e. The third kappa shape index (κ3) is 2.85. The molecule has 0 radical (unpaired) electrons. The molecule has 0 saturated heterocycles. The summed E-state index contributed by atoms with van der Waals surface area (Å²) in [4.78, 5) is 4.01. The number of ether oxygens (including phenoxy) is 1. The fourth-order valence-corrected chi connectivity index (χ4v) is 1.37. The van der Waals surface area contributed by atoms with E-state index in [2.05, 4.69) is 4.98 Å². The van der Waals surface area contributed by atoms with Crippen LogP contribution >= 0.6 is 23.2 Å². The van der Waals surface area contributed by atoms with Crippen molar-refractivity contribution in [1.29, 1.82) is 0 Å². The van der Waals surface area contributed by atoms with E-state index in [4.69, 9.17) is 27.9 Å². The molecule has 0 unspecified atom stereocenters. The molecule has 0 aliphatic carbocycles. The van der Waals surface area contributed by atoms with Gasteiger partial charge in [-0.15, -0.1) is 0 Å². The van der Waals surface area contributed by atoms with Gasteiger partial charge in [-0.05, 0) is 24.3 Å². The molecule has 0 aliphatic heterocycles. The monoisotopic (exact) mass is 239 g/mol. The Morgan fingerprint density at radius 3 is 2.53 bits per heavy atom. The summed E-state index contributed by atoms with van der Waals surface area (Å²) < 4.78 is 5.46. The third-order valence-electron chi connectivity index (χ3n) is 1.72. The van der Waals surface area contributed by atoms with Crippen LogP contribution in [0.2, 0.25) is 10.0 Å². The molecule has 76 valence electrons. The topological polar surface area (TPSA) is 22.1 Å². The van der Waals surface area contributed by atoms with Crippen molar-refractivity contribution in [2.75, 3.05) is 0 Å². The Morgan fingerprint density at radius 2 is 1.87 bits per heavy atom. The molecule has 0 fully saturated rings. The van der Waals surface area contributed by atoms with E-state index in [0.29, 0.717) is 21.7 Å². The maximum atomic E-state index is 5.81. The Kier molecular flexibility index (Phi) is 3.09. The predicted octanol–water partition coefficient (Wildman–Crippen LogP) is 4.18. The van der Waals surface area contributed by atoms with Gasteiger partial charge in [0.15, 0.2) is 0 Å². The summed E-state index contributed by atoms with van der Waals surface area (Å²) in [5.41, 5.74) is 0. The van der Waals surface area contributed by atoms with Crippen LogP contribution in [0.15, 0.2) is 42.6 Å². The van der Waals surface area contributed by atoms with E-state index in [-0.39, 0.29) is 0 Å². The number of rotatable bonds is 2. The Balaban J connectivity index is 2.18. The lowest BCUT2D eigenvalue weighted by Crippen LogP contribution is -1.86. The van der Waals surface area contributed by atoms with Gasteiger partial charge in [-0.25, -0.2) is 4.98 Å². The second kappa shape index (κ2) is 4.51. The van der Waals surface area contributed by atoms with Crippen LogP contribution in [0.25, 0.3) is 0 Å². The van der Waals surface area contributed by atoms with Gasteiger partial charge in [-0.2, -0.15) is 0 Å². The van der Waals surface area contributed by atoms with Crippen molar-refractivity contribution in [3.63, 3.8) is 0 Å². The molecule has 1 heterocycles. The van der Waals surface area contributed by atoms with Crippen molar-refractivity contribution in [1.82, 2.24) is 4.98 Å². The second-order valence-electron chi connectivity index (χ2n) is 2.87. The van der Waals surface area contributed by atoms with Crippen molar-refractivity contribution < 1.29 is 4.74 Å². The Morgan fingerprint density at radius 1 is 1.00 bits per heavy atom. The van der Waals surface area contributed by atoms with Crippen molar-refractivity contribution in [3.05, 3.63) is 52.6 Å². The molecule has 0 atom stereocenters. The molecule has 2 rings (SSSR count). The summed E-state index contributed by atoms with van der Waals surface area (Å²) in [6.45, 7) is 0. The lowest BCUT2D eigenvalue weighted by molar-refractivity contribution is 0.463. The number of aromatic nitrogens is 1. The van der Waals surface area contributed by atoms with E-state index in [1.165, 1.54) is 6.20 Å². The summed E-state index contributed by atoms with van der Waals surface area (Å²) in [5, 5.41) is 1.20. The molecule has 0 spiro atoms. The zero-order valence-electron chi connectivity index (χ0n) is 7.65. The Bertz CT molecular complexity index is 456. The van der Waals surface area contributed by atoms with Gasteiger partial charge in [0.2, 0.25) is 5.88 Å². The maximum Gasteiger partial charge on any atom is 0.219 e. The molecule has 2 aromatic rings. The quantitative estimate of drug-likeness (QED) is 0.785. The zero-order chi connectivity index (χ0) is 10.7. The van der Waals surface area contributed by atoms with E-state index in [1.807, 2.05) is 12.1 Å². The van der Waals surface area contributed by atoms with Crippen LogP contribution in [0.3, 0.4) is 0 Å². The summed E-state index contributed by atoms with van der Waals surface area (Å²) in [6.07, 6.45) is 1.53.